The Morgan fingerprint density at radius 2 is 2.11 bits per heavy atom. The molecular weight excluding hydrogens is 466 g/mol. The molecule has 2 fully saturated rings. The van der Waals surface area contributed by atoms with Crippen molar-refractivity contribution in [2.75, 3.05) is 40.2 Å². The topological polar surface area (TPSA) is 128 Å². The van der Waals surface area contributed by atoms with Crippen LogP contribution in [0.4, 0.5) is 0 Å². The second kappa shape index (κ2) is 9.30. The van der Waals surface area contributed by atoms with E-state index < -0.39 is 0 Å². The molecule has 2 amide bonds. The summed E-state index contributed by atoms with van der Waals surface area (Å²) in [5.41, 5.74) is 2.75. The second-order valence-electron chi connectivity index (χ2n) is 9.31. The van der Waals surface area contributed by atoms with Gasteiger partial charge in [0.2, 0.25) is 12.7 Å². The van der Waals surface area contributed by atoms with E-state index >= 15 is 0 Å². The van der Waals surface area contributed by atoms with Gasteiger partial charge in [0.25, 0.3) is 5.91 Å². The van der Waals surface area contributed by atoms with E-state index in [0.717, 1.165) is 0 Å². The number of carbonyl (C=O) groups excluding carboxylic acids is 2. The van der Waals surface area contributed by atoms with E-state index in [4.69, 9.17) is 18.9 Å². The number of nitrogens with zero attached hydrogens (tertiary/aromatic N) is 3. The first-order valence-electron chi connectivity index (χ1n) is 12.1. The minimum absolute atomic E-state index is 0.0348. The molecule has 36 heavy (non-hydrogen) atoms. The molecule has 1 saturated carbocycles. The number of likely N-dealkylation sites (tertiary alicyclic amines) is 1. The Balaban J connectivity index is 1.28. The summed E-state index contributed by atoms with van der Waals surface area (Å²) in [5, 5.41) is 3.03. The van der Waals surface area contributed by atoms with Crippen LogP contribution in [-0.4, -0.2) is 77.9 Å². The van der Waals surface area contributed by atoms with Crippen LogP contribution in [0.1, 0.15) is 29.6 Å². The molecule has 6 rings (SSSR count). The molecule has 2 aliphatic heterocycles. The number of aromatic nitrogens is 3. The molecule has 1 atom stereocenters. The van der Waals surface area contributed by atoms with Gasteiger partial charge < -0.3 is 34.1 Å². The van der Waals surface area contributed by atoms with Crippen molar-refractivity contribution < 1.29 is 28.5 Å². The quantitative estimate of drug-likeness (QED) is 0.489. The lowest BCUT2D eigenvalue weighted by molar-refractivity contribution is -0.134. The Bertz CT molecular complexity index is 1320. The lowest BCUT2D eigenvalue weighted by atomic mass is 10.1. The molecule has 1 aliphatic carbocycles. The number of rotatable bonds is 8. The molecule has 11 heteroatoms. The third kappa shape index (κ3) is 4.19. The Morgan fingerprint density at radius 3 is 2.94 bits per heavy atom. The van der Waals surface area contributed by atoms with E-state index in [2.05, 4.69) is 20.3 Å². The summed E-state index contributed by atoms with van der Waals surface area (Å²) in [6.45, 7) is 1.81. The minimum Gasteiger partial charge on any atom is -0.492 e. The molecule has 4 heterocycles. The van der Waals surface area contributed by atoms with Crippen molar-refractivity contribution in [1.29, 1.82) is 0 Å². The van der Waals surface area contributed by atoms with Crippen LogP contribution in [0.25, 0.3) is 22.3 Å². The molecule has 3 aliphatic rings. The van der Waals surface area contributed by atoms with Gasteiger partial charge in [0.15, 0.2) is 11.5 Å². The Kier molecular flexibility index (Phi) is 5.84. The predicted molar refractivity (Wildman–Crippen MR) is 128 cm³/mol. The zero-order chi connectivity index (χ0) is 24.6. The van der Waals surface area contributed by atoms with Gasteiger partial charge >= 0.3 is 0 Å². The summed E-state index contributed by atoms with van der Waals surface area (Å²) in [4.78, 5) is 39.1. The maximum Gasteiger partial charge on any atom is 0.255 e. The number of fused-ring (bicyclic) bond motifs is 2. The van der Waals surface area contributed by atoms with Crippen molar-refractivity contribution in [2.45, 2.75) is 25.3 Å². The fourth-order valence-electron chi connectivity index (χ4n) is 4.68. The first-order valence-corrected chi connectivity index (χ1v) is 12.1. The number of H-pyrrole nitrogens is 1. The number of ether oxygens (including phenoxy) is 4. The lowest BCUT2D eigenvalue weighted by Gasteiger charge is -2.16. The molecule has 0 spiro atoms. The van der Waals surface area contributed by atoms with E-state index in [1.54, 1.807) is 11.1 Å². The standard InChI is InChI=1S/C25H27N5O6/c1-33-11-19(31)30-7-6-15(9-30)29-25(32)16-8-26-23-21(16)27-12-28-22(23)20-17(34-10-14-2-3-14)4-5-18-24(20)36-13-35-18/h4-5,8,12,14-15,26H,2-3,6-7,9-11,13H2,1H3,(H,29,32)/t15-/m1/s1. The van der Waals surface area contributed by atoms with Gasteiger partial charge in [0.05, 0.1) is 23.3 Å². The van der Waals surface area contributed by atoms with Gasteiger partial charge in [0, 0.05) is 32.4 Å². The first kappa shape index (κ1) is 22.6. The molecule has 11 nitrogen and oxygen atoms in total. The van der Waals surface area contributed by atoms with Crippen LogP contribution >= 0.6 is 0 Å². The molecule has 0 unspecified atom stereocenters. The maximum absolute atomic E-state index is 13.2. The number of aromatic amines is 1. The highest BCUT2D eigenvalue weighted by Gasteiger charge is 2.31. The van der Waals surface area contributed by atoms with Crippen molar-refractivity contribution in [3.63, 3.8) is 0 Å². The monoisotopic (exact) mass is 493 g/mol. The van der Waals surface area contributed by atoms with Crippen LogP contribution in [0.2, 0.25) is 0 Å². The number of carbonyl (C=O) groups is 2. The third-order valence-corrected chi connectivity index (χ3v) is 6.76. The van der Waals surface area contributed by atoms with Crippen molar-refractivity contribution >= 4 is 22.8 Å². The molecule has 2 aromatic heterocycles. The molecular formula is C25H27N5O6. The summed E-state index contributed by atoms with van der Waals surface area (Å²) < 4.78 is 22.5. The summed E-state index contributed by atoms with van der Waals surface area (Å²) in [5.74, 6) is 2.06. The molecule has 2 N–H and O–H groups in total. The van der Waals surface area contributed by atoms with Crippen molar-refractivity contribution in [3.8, 4) is 28.5 Å². The molecule has 0 radical (unpaired) electrons. The van der Waals surface area contributed by atoms with Gasteiger partial charge in [-0.2, -0.15) is 0 Å². The van der Waals surface area contributed by atoms with Crippen LogP contribution < -0.4 is 19.5 Å². The number of amides is 2. The van der Waals surface area contributed by atoms with Crippen LogP contribution in [-0.2, 0) is 9.53 Å². The fourth-order valence-corrected chi connectivity index (χ4v) is 4.68. The summed E-state index contributed by atoms with van der Waals surface area (Å²) in [6, 6.07) is 3.56. The molecule has 1 aromatic carbocycles. The lowest BCUT2D eigenvalue weighted by Crippen LogP contribution is -2.39. The predicted octanol–water partition coefficient (Wildman–Crippen LogP) is 2.12. The van der Waals surface area contributed by atoms with E-state index in [1.165, 1.54) is 26.3 Å². The van der Waals surface area contributed by atoms with Crippen LogP contribution in [0.5, 0.6) is 17.2 Å². The normalized spacial score (nSPS) is 18.6. The van der Waals surface area contributed by atoms with Crippen molar-refractivity contribution in [3.05, 3.63) is 30.2 Å². The summed E-state index contributed by atoms with van der Waals surface area (Å²) in [7, 11) is 1.49. The van der Waals surface area contributed by atoms with E-state index in [-0.39, 0.29) is 31.3 Å². The fraction of sp³-hybridized carbons (Fsp3) is 0.440. The number of benzene rings is 1. The van der Waals surface area contributed by atoms with Gasteiger partial charge in [-0.3, -0.25) is 9.59 Å². The van der Waals surface area contributed by atoms with Gasteiger partial charge in [-0.1, -0.05) is 0 Å². The zero-order valence-corrected chi connectivity index (χ0v) is 19.9. The van der Waals surface area contributed by atoms with E-state index in [9.17, 15) is 9.59 Å². The maximum atomic E-state index is 13.2. The van der Waals surface area contributed by atoms with Gasteiger partial charge in [0.1, 0.15) is 29.9 Å². The van der Waals surface area contributed by atoms with Crippen LogP contribution in [0.15, 0.2) is 24.7 Å². The second-order valence-corrected chi connectivity index (χ2v) is 9.31. The smallest absolute Gasteiger partial charge is 0.255 e. The van der Waals surface area contributed by atoms with E-state index in [1.807, 2.05) is 12.1 Å². The molecule has 188 valence electrons. The number of nitrogens with one attached hydrogen (secondary N) is 2. The summed E-state index contributed by atoms with van der Waals surface area (Å²) >= 11 is 0. The molecule has 1 saturated heterocycles. The first-order chi connectivity index (χ1) is 17.6. The zero-order valence-electron chi connectivity index (χ0n) is 19.9. The summed E-state index contributed by atoms with van der Waals surface area (Å²) in [6.07, 6.45) is 6.09. The minimum atomic E-state index is -0.264. The third-order valence-electron chi connectivity index (χ3n) is 6.76. The number of methoxy groups -OCH3 is 1. The van der Waals surface area contributed by atoms with Gasteiger partial charge in [-0.05, 0) is 37.3 Å². The highest BCUT2D eigenvalue weighted by molar-refractivity contribution is 6.08. The Morgan fingerprint density at radius 1 is 1.22 bits per heavy atom. The van der Waals surface area contributed by atoms with E-state index in [0.29, 0.717) is 77.1 Å². The average Bonchev–Trinajstić information content (AvgIpc) is 3.25. The Hall–Kier alpha value is -3.86. The van der Waals surface area contributed by atoms with Crippen LogP contribution in [0, 0.1) is 5.92 Å². The van der Waals surface area contributed by atoms with Gasteiger partial charge in [-0.15, -0.1) is 0 Å². The SMILES string of the molecule is COCC(=O)N1CC[C@@H](NC(=O)c2c[nH]c3c(-c4c(OCC5CC5)ccc5c4OCO5)ncnc23)C1. The number of hydrogen-bond acceptors (Lipinski definition) is 8. The van der Waals surface area contributed by atoms with Gasteiger partial charge in [-0.25, -0.2) is 9.97 Å². The average molecular weight is 494 g/mol. The highest BCUT2D eigenvalue weighted by atomic mass is 16.7. The van der Waals surface area contributed by atoms with Crippen molar-refractivity contribution in [1.82, 2.24) is 25.2 Å². The Labute approximate surface area is 207 Å². The number of hydrogen-bond donors (Lipinski definition) is 2. The molecule has 0 bridgehead atoms. The van der Waals surface area contributed by atoms with Crippen LogP contribution in [0.3, 0.4) is 0 Å². The molecule has 3 aromatic rings. The largest absolute Gasteiger partial charge is 0.492 e. The van der Waals surface area contributed by atoms with Crippen molar-refractivity contribution in [2.24, 2.45) is 5.92 Å². The highest BCUT2D eigenvalue weighted by Crippen LogP contribution is 2.48.